The van der Waals surface area contributed by atoms with Crippen molar-refractivity contribution in [1.29, 1.82) is 0 Å². The summed E-state index contributed by atoms with van der Waals surface area (Å²) in [7, 11) is 1.36. The van der Waals surface area contributed by atoms with Crippen LogP contribution in [-0.4, -0.2) is 35.9 Å². The zero-order valence-corrected chi connectivity index (χ0v) is 12.7. The lowest BCUT2D eigenvalue weighted by atomic mass is 10.00. The minimum atomic E-state index is -0.262. The van der Waals surface area contributed by atoms with E-state index in [9.17, 15) is 9.59 Å². The van der Waals surface area contributed by atoms with Gasteiger partial charge in [-0.15, -0.1) is 0 Å². The van der Waals surface area contributed by atoms with Crippen LogP contribution in [0.15, 0.2) is 17.1 Å². The van der Waals surface area contributed by atoms with E-state index in [1.165, 1.54) is 18.2 Å². The van der Waals surface area contributed by atoms with Gasteiger partial charge < -0.3 is 9.64 Å². The van der Waals surface area contributed by atoms with Crippen molar-refractivity contribution in [3.05, 3.63) is 22.6 Å². The summed E-state index contributed by atoms with van der Waals surface area (Å²) in [6.45, 7) is 4.63. The standard InChI is InChI=1S/C15H23N3O3/c1-12-5-3-7-17(11-12)13-9-14(19)18(16-10-13)8-4-6-15(20)21-2/h9-10,12H,3-8,11H2,1-2H3. The Kier molecular flexibility index (Phi) is 5.36. The molecule has 1 saturated heterocycles. The molecule has 6 heteroatoms. The third-order valence-corrected chi connectivity index (χ3v) is 3.86. The van der Waals surface area contributed by atoms with Crippen LogP contribution in [0.5, 0.6) is 0 Å². The number of hydrogen-bond acceptors (Lipinski definition) is 5. The van der Waals surface area contributed by atoms with E-state index in [1.54, 1.807) is 12.3 Å². The van der Waals surface area contributed by atoms with Crippen molar-refractivity contribution in [2.75, 3.05) is 25.1 Å². The highest BCUT2D eigenvalue weighted by Crippen LogP contribution is 2.20. The van der Waals surface area contributed by atoms with Crippen LogP contribution in [0, 0.1) is 5.92 Å². The monoisotopic (exact) mass is 293 g/mol. The molecule has 0 aromatic carbocycles. The van der Waals surface area contributed by atoms with Crippen LogP contribution in [0.25, 0.3) is 0 Å². The van der Waals surface area contributed by atoms with E-state index in [4.69, 9.17) is 0 Å². The highest BCUT2D eigenvalue weighted by molar-refractivity contribution is 5.68. The highest BCUT2D eigenvalue weighted by Gasteiger charge is 2.17. The summed E-state index contributed by atoms with van der Waals surface area (Å²) in [5, 5.41) is 4.21. The van der Waals surface area contributed by atoms with Crippen LogP contribution in [0.3, 0.4) is 0 Å². The topological polar surface area (TPSA) is 64.4 Å². The van der Waals surface area contributed by atoms with Gasteiger partial charge >= 0.3 is 5.97 Å². The van der Waals surface area contributed by atoms with Gasteiger partial charge in [0, 0.05) is 32.1 Å². The van der Waals surface area contributed by atoms with Gasteiger partial charge in [-0.2, -0.15) is 5.10 Å². The van der Waals surface area contributed by atoms with Crippen molar-refractivity contribution in [3.8, 4) is 0 Å². The molecule has 0 amide bonds. The largest absolute Gasteiger partial charge is 0.469 e. The van der Waals surface area contributed by atoms with Crippen molar-refractivity contribution in [2.45, 2.75) is 39.2 Å². The van der Waals surface area contributed by atoms with E-state index >= 15 is 0 Å². The minimum absolute atomic E-state index is 0.115. The fourth-order valence-electron chi connectivity index (χ4n) is 2.66. The summed E-state index contributed by atoms with van der Waals surface area (Å²) in [5.74, 6) is 0.392. The SMILES string of the molecule is COC(=O)CCCn1ncc(N2CCCC(C)C2)cc1=O. The lowest BCUT2D eigenvalue weighted by molar-refractivity contribution is -0.140. The fourth-order valence-corrected chi connectivity index (χ4v) is 2.66. The number of rotatable bonds is 5. The third-order valence-electron chi connectivity index (χ3n) is 3.86. The van der Waals surface area contributed by atoms with Crippen LogP contribution >= 0.6 is 0 Å². The van der Waals surface area contributed by atoms with E-state index in [2.05, 4.69) is 21.7 Å². The van der Waals surface area contributed by atoms with Gasteiger partial charge in [-0.05, 0) is 25.2 Å². The number of nitrogens with zero attached hydrogens (tertiary/aromatic N) is 3. The molecule has 1 atom stereocenters. The van der Waals surface area contributed by atoms with Gasteiger partial charge in [0.1, 0.15) is 0 Å². The Balaban J connectivity index is 1.97. The van der Waals surface area contributed by atoms with Crippen molar-refractivity contribution in [3.63, 3.8) is 0 Å². The summed E-state index contributed by atoms with van der Waals surface area (Å²) < 4.78 is 5.98. The van der Waals surface area contributed by atoms with Gasteiger partial charge in [0.2, 0.25) is 0 Å². The second-order valence-electron chi connectivity index (χ2n) is 5.65. The second kappa shape index (κ2) is 7.24. The number of esters is 1. The maximum atomic E-state index is 12.1. The Bertz CT molecular complexity index is 541. The molecule has 0 saturated carbocycles. The first kappa shape index (κ1) is 15.5. The Hall–Kier alpha value is -1.85. The maximum absolute atomic E-state index is 12.1. The van der Waals surface area contributed by atoms with Crippen molar-refractivity contribution in [2.24, 2.45) is 5.92 Å². The normalized spacial score (nSPS) is 18.6. The maximum Gasteiger partial charge on any atom is 0.305 e. The molecule has 0 spiro atoms. The predicted octanol–water partition coefficient (Wildman–Crippen LogP) is 1.43. The van der Waals surface area contributed by atoms with Crippen LogP contribution in [-0.2, 0) is 16.1 Å². The lowest BCUT2D eigenvalue weighted by Crippen LogP contribution is -2.35. The fraction of sp³-hybridized carbons (Fsp3) is 0.667. The molecule has 6 nitrogen and oxygen atoms in total. The summed E-state index contributed by atoms with van der Waals surface area (Å²) in [6.07, 6.45) is 5.01. The number of anilines is 1. The van der Waals surface area contributed by atoms with Crippen LogP contribution in [0.2, 0.25) is 0 Å². The molecule has 2 heterocycles. The Labute approximate surface area is 124 Å². The molecule has 21 heavy (non-hydrogen) atoms. The molecule has 116 valence electrons. The summed E-state index contributed by atoms with van der Waals surface area (Å²) in [5.41, 5.74) is 0.784. The second-order valence-corrected chi connectivity index (χ2v) is 5.65. The molecule has 0 N–H and O–H groups in total. The predicted molar refractivity (Wildman–Crippen MR) is 80.4 cm³/mol. The number of hydrogen-bond donors (Lipinski definition) is 0. The van der Waals surface area contributed by atoms with Crippen LogP contribution in [0.4, 0.5) is 5.69 Å². The first-order valence-electron chi connectivity index (χ1n) is 7.49. The van der Waals surface area contributed by atoms with Gasteiger partial charge in [0.25, 0.3) is 5.56 Å². The molecule has 1 aliphatic heterocycles. The lowest BCUT2D eigenvalue weighted by Gasteiger charge is -2.32. The van der Waals surface area contributed by atoms with Gasteiger partial charge in [-0.1, -0.05) is 6.92 Å². The van der Waals surface area contributed by atoms with Gasteiger partial charge in [0.15, 0.2) is 0 Å². The van der Waals surface area contributed by atoms with E-state index in [1.807, 2.05) is 0 Å². The van der Waals surface area contributed by atoms with Crippen molar-refractivity contribution >= 4 is 11.7 Å². The Morgan fingerprint density at radius 2 is 2.33 bits per heavy atom. The molecule has 0 bridgehead atoms. The van der Waals surface area contributed by atoms with Gasteiger partial charge in [-0.25, -0.2) is 4.68 Å². The molecule has 0 aliphatic carbocycles. The van der Waals surface area contributed by atoms with E-state index in [0.29, 0.717) is 25.3 Å². The Morgan fingerprint density at radius 3 is 3.00 bits per heavy atom. The number of piperidine rings is 1. The van der Waals surface area contributed by atoms with Crippen molar-refractivity contribution in [1.82, 2.24) is 9.78 Å². The first-order chi connectivity index (χ1) is 10.1. The number of carbonyl (C=O) groups is 1. The van der Waals surface area contributed by atoms with E-state index in [0.717, 1.165) is 25.2 Å². The molecule has 1 unspecified atom stereocenters. The molecule has 2 rings (SSSR count). The quantitative estimate of drug-likeness (QED) is 0.769. The number of aromatic nitrogens is 2. The number of ether oxygens (including phenoxy) is 1. The molecule has 1 aliphatic rings. The van der Waals surface area contributed by atoms with E-state index < -0.39 is 0 Å². The number of carbonyl (C=O) groups excluding carboxylic acids is 1. The summed E-state index contributed by atoms with van der Waals surface area (Å²) >= 11 is 0. The first-order valence-corrected chi connectivity index (χ1v) is 7.49. The zero-order valence-electron chi connectivity index (χ0n) is 12.7. The molecule has 1 fully saturated rings. The molecule has 0 radical (unpaired) electrons. The Morgan fingerprint density at radius 1 is 1.52 bits per heavy atom. The average molecular weight is 293 g/mol. The zero-order chi connectivity index (χ0) is 15.2. The summed E-state index contributed by atoms with van der Waals surface area (Å²) in [6, 6.07) is 1.64. The summed E-state index contributed by atoms with van der Waals surface area (Å²) in [4.78, 5) is 25.3. The molecule has 1 aromatic rings. The van der Waals surface area contributed by atoms with Gasteiger partial charge in [-0.3, -0.25) is 9.59 Å². The van der Waals surface area contributed by atoms with E-state index in [-0.39, 0.29) is 11.5 Å². The van der Waals surface area contributed by atoms with Crippen molar-refractivity contribution < 1.29 is 9.53 Å². The third kappa shape index (κ3) is 4.31. The average Bonchev–Trinajstić information content (AvgIpc) is 2.48. The smallest absolute Gasteiger partial charge is 0.305 e. The molecular weight excluding hydrogens is 270 g/mol. The number of methoxy groups -OCH3 is 1. The minimum Gasteiger partial charge on any atom is -0.469 e. The van der Waals surface area contributed by atoms with Crippen LogP contribution in [0.1, 0.15) is 32.6 Å². The molecular formula is C15H23N3O3. The van der Waals surface area contributed by atoms with Gasteiger partial charge in [0.05, 0.1) is 19.0 Å². The van der Waals surface area contributed by atoms with Crippen LogP contribution < -0.4 is 10.5 Å². The highest BCUT2D eigenvalue weighted by atomic mass is 16.5. The molecule has 1 aromatic heterocycles. The number of aryl methyl sites for hydroxylation is 1.